The Kier molecular flexibility index (Phi) is 7.89. The van der Waals surface area contributed by atoms with Crippen LogP contribution in [0.3, 0.4) is 0 Å². The second kappa shape index (κ2) is 13.7. The third kappa shape index (κ3) is 5.63. The lowest BCUT2D eigenvalue weighted by atomic mass is 9.88. The first-order valence-electron chi connectivity index (χ1n) is 19.7. The van der Waals surface area contributed by atoms with Crippen LogP contribution in [0.4, 0.5) is 17.1 Å². The van der Waals surface area contributed by atoms with Crippen LogP contribution in [0, 0.1) is 0 Å². The van der Waals surface area contributed by atoms with Gasteiger partial charge < -0.3 is 4.90 Å². The fourth-order valence-corrected chi connectivity index (χ4v) is 8.92. The SMILES string of the molecule is c1ccc(-c2ccc(N(c3ccc(-c4cccc5ccccc45)cc3)c3ccc(-c4cc5c6ccccc6ccc5c5ccccc45)c4ccccc34)cc2)cc1. The highest BCUT2D eigenvalue weighted by Gasteiger charge is 2.20. The minimum atomic E-state index is 1.10. The van der Waals surface area contributed by atoms with Crippen LogP contribution in [-0.2, 0) is 0 Å². The molecule has 0 amide bonds. The van der Waals surface area contributed by atoms with Crippen LogP contribution in [-0.4, -0.2) is 0 Å². The van der Waals surface area contributed by atoms with Crippen molar-refractivity contribution in [3.05, 3.63) is 224 Å². The molecule has 0 bridgehead atoms. The summed E-state index contributed by atoms with van der Waals surface area (Å²) in [5, 5.41) is 12.6. The molecule has 0 saturated carbocycles. The van der Waals surface area contributed by atoms with Crippen molar-refractivity contribution in [3.63, 3.8) is 0 Å². The Balaban J connectivity index is 1.11. The maximum absolute atomic E-state index is 2.42. The summed E-state index contributed by atoms with van der Waals surface area (Å²) in [6.45, 7) is 0. The van der Waals surface area contributed by atoms with Crippen molar-refractivity contribution >= 4 is 70.9 Å². The van der Waals surface area contributed by atoms with Crippen LogP contribution < -0.4 is 4.90 Å². The van der Waals surface area contributed by atoms with Gasteiger partial charge in [-0.2, -0.15) is 0 Å². The van der Waals surface area contributed by atoms with Crippen LogP contribution in [0.25, 0.3) is 87.2 Å². The Hall–Kier alpha value is -7.48. The number of hydrogen-bond donors (Lipinski definition) is 0. The van der Waals surface area contributed by atoms with E-state index < -0.39 is 0 Å². The molecule has 1 heteroatoms. The summed E-state index contributed by atoms with van der Waals surface area (Å²) in [4.78, 5) is 2.42. The summed E-state index contributed by atoms with van der Waals surface area (Å²) in [6, 6.07) is 82.0. The molecule has 57 heavy (non-hydrogen) atoms. The first kappa shape index (κ1) is 32.9. The molecule has 0 saturated heterocycles. The van der Waals surface area contributed by atoms with Gasteiger partial charge in [0.05, 0.1) is 5.69 Å². The molecule has 0 aliphatic carbocycles. The quantitative estimate of drug-likeness (QED) is 0.154. The predicted molar refractivity (Wildman–Crippen MR) is 245 cm³/mol. The maximum atomic E-state index is 2.42. The molecule has 0 aliphatic heterocycles. The first-order chi connectivity index (χ1) is 28.3. The fraction of sp³-hybridized carbons (Fsp3) is 0. The third-order valence-corrected chi connectivity index (χ3v) is 11.7. The number of rotatable bonds is 6. The Morgan fingerprint density at radius 2 is 0.737 bits per heavy atom. The highest BCUT2D eigenvalue weighted by atomic mass is 15.1. The van der Waals surface area contributed by atoms with Crippen molar-refractivity contribution < 1.29 is 0 Å². The molecule has 0 spiro atoms. The van der Waals surface area contributed by atoms with E-state index in [9.17, 15) is 0 Å². The molecule has 11 rings (SSSR count). The van der Waals surface area contributed by atoms with Crippen molar-refractivity contribution in [2.45, 2.75) is 0 Å². The van der Waals surface area contributed by atoms with Crippen molar-refractivity contribution in [3.8, 4) is 33.4 Å². The van der Waals surface area contributed by atoms with E-state index in [4.69, 9.17) is 0 Å². The normalized spacial score (nSPS) is 11.5. The van der Waals surface area contributed by atoms with Crippen LogP contribution in [0.1, 0.15) is 0 Å². The minimum Gasteiger partial charge on any atom is -0.310 e. The molecule has 0 aromatic heterocycles. The van der Waals surface area contributed by atoms with Crippen molar-refractivity contribution in [1.29, 1.82) is 0 Å². The number of hydrogen-bond acceptors (Lipinski definition) is 1. The van der Waals surface area contributed by atoms with E-state index >= 15 is 0 Å². The highest BCUT2D eigenvalue weighted by Crippen LogP contribution is 2.45. The van der Waals surface area contributed by atoms with Gasteiger partial charge in [0.25, 0.3) is 0 Å². The van der Waals surface area contributed by atoms with E-state index in [1.165, 1.54) is 87.2 Å². The number of fused-ring (bicyclic) bond motifs is 7. The minimum absolute atomic E-state index is 1.10. The molecule has 266 valence electrons. The predicted octanol–water partition coefficient (Wildman–Crippen LogP) is 15.9. The van der Waals surface area contributed by atoms with Gasteiger partial charge in [-0.05, 0) is 118 Å². The van der Waals surface area contributed by atoms with Gasteiger partial charge in [0.2, 0.25) is 0 Å². The van der Waals surface area contributed by atoms with Gasteiger partial charge in [0.15, 0.2) is 0 Å². The van der Waals surface area contributed by atoms with Gasteiger partial charge in [-0.15, -0.1) is 0 Å². The summed E-state index contributed by atoms with van der Waals surface area (Å²) in [5.74, 6) is 0. The summed E-state index contributed by atoms with van der Waals surface area (Å²) < 4.78 is 0. The number of nitrogens with zero attached hydrogens (tertiary/aromatic N) is 1. The van der Waals surface area contributed by atoms with Crippen LogP contribution in [0.15, 0.2) is 224 Å². The first-order valence-corrected chi connectivity index (χ1v) is 19.7. The van der Waals surface area contributed by atoms with E-state index in [0.717, 1.165) is 17.1 Å². The maximum Gasteiger partial charge on any atom is 0.0540 e. The molecule has 0 atom stereocenters. The molecule has 11 aromatic rings. The van der Waals surface area contributed by atoms with Gasteiger partial charge in [-0.25, -0.2) is 0 Å². The lowest BCUT2D eigenvalue weighted by Crippen LogP contribution is -2.10. The summed E-state index contributed by atoms with van der Waals surface area (Å²) in [6.07, 6.45) is 0. The molecule has 0 fully saturated rings. The van der Waals surface area contributed by atoms with Gasteiger partial charge in [-0.3, -0.25) is 0 Å². The smallest absolute Gasteiger partial charge is 0.0540 e. The average molecular weight is 724 g/mol. The standard InChI is InChI=1S/C56H37N/c1-2-13-38(14-3-1)39-25-30-43(31-26-39)57(44-32-27-42(28-33-44)46-24-12-17-40-15-4-6-18-45(40)46)56-36-35-52(49-21-10-11-23-53(49)56)55-37-54-47-19-7-5-16-41(47)29-34-51(54)48-20-8-9-22-50(48)55/h1-37H. The average Bonchev–Trinajstić information content (AvgIpc) is 3.29. The van der Waals surface area contributed by atoms with Crippen LogP contribution in [0.5, 0.6) is 0 Å². The zero-order valence-corrected chi connectivity index (χ0v) is 31.3. The summed E-state index contributed by atoms with van der Waals surface area (Å²) in [7, 11) is 0. The third-order valence-electron chi connectivity index (χ3n) is 11.7. The molecular weight excluding hydrogens is 687 g/mol. The molecule has 0 heterocycles. The molecule has 0 radical (unpaired) electrons. The molecular formula is C56H37N. The van der Waals surface area contributed by atoms with E-state index in [2.05, 4.69) is 229 Å². The van der Waals surface area contributed by atoms with E-state index in [0.29, 0.717) is 0 Å². The van der Waals surface area contributed by atoms with E-state index in [1.807, 2.05) is 0 Å². The van der Waals surface area contributed by atoms with Gasteiger partial charge in [-0.1, -0.05) is 188 Å². The number of anilines is 3. The van der Waals surface area contributed by atoms with Gasteiger partial charge >= 0.3 is 0 Å². The monoisotopic (exact) mass is 723 g/mol. The van der Waals surface area contributed by atoms with Gasteiger partial charge in [0, 0.05) is 16.8 Å². The van der Waals surface area contributed by atoms with Crippen molar-refractivity contribution in [1.82, 2.24) is 0 Å². The number of benzene rings is 11. The topological polar surface area (TPSA) is 3.24 Å². The molecule has 0 aliphatic rings. The fourth-order valence-electron chi connectivity index (χ4n) is 8.92. The molecule has 0 unspecified atom stereocenters. The van der Waals surface area contributed by atoms with E-state index in [-0.39, 0.29) is 0 Å². The summed E-state index contributed by atoms with van der Waals surface area (Å²) >= 11 is 0. The van der Waals surface area contributed by atoms with Crippen LogP contribution in [0.2, 0.25) is 0 Å². The van der Waals surface area contributed by atoms with Crippen molar-refractivity contribution in [2.75, 3.05) is 4.90 Å². The molecule has 0 N–H and O–H groups in total. The Bertz CT molecular complexity index is 3270. The lowest BCUT2D eigenvalue weighted by molar-refractivity contribution is 1.30. The largest absolute Gasteiger partial charge is 0.310 e. The molecule has 1 nitrogen and oxygen atoms in total. The Morgan fingerprint density at radius 3 is 1.46 bits per heavy atom. The van der Waals surface area contributed by atoms with Crippen LogP contribution >= 0.6 is 0 Å². The second-order valence-corrected chi connectivity index (χ2v) is 14.9. The zero-order chi connectivity index (χ0) is 37.7. The van der Waals surface area contributed by atoms with E-state index in [1.54, 1.807) is 0 Å². The zero-order valence-electron chi connectivity index (χ0n) is 31.3. The van der Waals surface area contributed by atoms with Gasteiger partial charge in [0.1, 0.15) is 0 Å². The lowest BCUT2D eigenvalue weighted by Gasteiger charge is -2.28. The van der Waals surface area contributed by atoms with Crippen molar-refractivity contribution in [2.24, 2.45) is 0 Å². The highest BCUT2D eigenvalue weighted by molar-refractivity contribution is 6.22. The molecule has 11 aromatic carbocycles. The second-order valence-electron chi connectivity index (χ2n) is 14.9. The summed E-state index contributed by atoms with van der Waals surface area (Å²) in [5.41, 5.74) is 10.7. The Morgan fingerprint density at radius 1 is 0.228 bits per heavy atom. The Labute approximate surface area is 332 Å².